The zero-order chi connectivity index (χ0) is 17.7. The van der Waals surface area contributed by atoms with Crippen molar-refractivity contribution in [2.24, 2.45) is 7.05 Å². The van der Waals surface area contributed by atoms with E-state index in [1.165, 1.54) is 4.68 Å². The lowest BCUT2D eigenvalue weighted by Gasteiger charge is -2.34. The molecule has 1 saturated heterocycles. The highest BCUT2D eigenvalue weighted by Crippen LogP contribution is 2.16. The predicted octanol–water partition coefficient (Wildman–Crippen LogP) is 0.473. The zero-order valence-corrected chi connectivity index (χ0v) is 14.8. The van der Waals surface area contributed by atoms with Crippen LogP contribution in [0, 0.1) is 0 Å². The van der Waals surface area contributed by atoms with E-state index in [9.17, 15) is 9.59 Å². The minimum atomic E-state index is -0.255. The summed E-state index contributed by atoms with van der Waals surface area (Å²) in [4.78, 5) is 25.5. The Kier molecular flexibility index (Phi) is 5.82. The van der Waals surface area contributed by atoms with Gasteiger partial charge in [0.15, 0.2) is 0 Å². The molecule has 1 aromatic rings. The molecule has 8 nitrogen and oxygen atoms in total. The number of urea groups is 1. The molecule has 0 aliphatic carbocycles. The number of aromatic nitrogens is 2. The summed E-state index contributed by atoms with van der Waals surface area (Å²) in [6.07, 6.45) is 2.42. The van der Waals surface area contributed by atoms with E-state index in [2.05, 4.69) is 20.6 Å². The molecule has 0 aromatic carbocycles. The standard InChI is InChI=1S/C16H27N5O3/c1-16(2,3)19-15(23)17-6-5-13-11-21(7-8-24-13)12-9-14(22)20(4)18-10-12/h9-10,13H,5-8,11H2,1-4H3,(H2,17,19,23). The molecule has 0 radical (unpaired) electrons. The van der Waals surface area contributed by atoms with Crippen LogP contribution in [0.5, 0.6) is 0 Å². The van der Waals surface area contributed by atoms with Crippen molar-refractivity contribution < 1.29 is 9.53 Å². The molecular weight excluding hydrogens is 310 g/mol. The van der Waals surface area contributed by atoms with Gasteiger partial charge in [0.25, 0.3) is 5.56 Å². The van der Waals surface area contributed by atoms with Crippen molar-refractivity contribution in [1.29, 1.82) is 0 Å². The SMILES string of the molecule is Cn1ncc(N2CCOC(CCNC(=O)NC(C)(C)C)C2)cc1=O. The fourth-order valence-corrected chi connectivity index (χ4v) is 2.49. The lowest BCUT2D eigenvalue weighted by Crippen LogP contribution is -2.48. The number of ether oxygens (including phenoxy) is 1. The van der Waals surface area contributed by atoms with Gasteiger partial charge >= 0.3 is 6.03 Å². The number of hydrogen-bond donors (Lipinski definition) is 2. The van der Waals surface area contributed by atoms with Crippen molar-refractivity contribution in [3.63, 3.8) is 0 Å². The fourth-order valence-electron chi connectivity index (χ4n) is 2.49. The molecule has 2 heterocycles. The lowest BCUT2D eigenvalue weighted by atomic mass is 10.1. The first kappa shape index (κ1) is 18.3. The summed E-state index contributed by atoms with van der Waals surface area (Å²) in [7, 11) is 1.63. The zero-order valence-electron chi connectivity index (χ0n) is 14.8. The number of nitrogens with one attached hydrogen (secondary N) is 2. The maximum absolute atomic E-state index is 11.7. The van der Waals surface area contributed by atoms with Crippen molar-refractivity contribution in [2.75, 3.05) is 31.1 Å². The Morgan fingerprint density at radius 2 is 2.21 bits per heavy atom. The summed E-state index contributed by atoms with van der Waals surface area (Å²) in [5.41, 5.74) is 0.426. The van der Waals surface area contributed by atoms with Crippen LogP contribution < -0.4 is 21.1 Å². The van der Waals surface area contributed by atoms with Gasteiger partial charge in [-0.25, -0.2) is 9.48 Å². The van der Waals surface area contributed by atoms with Crippen molar-refractivity contribution in [1.82, 2.24) is 20.4 Å². The topological polar surface area (TPSA) is 88.5 Å². The van der Waals surface area contributed by atoms with E-state index in [-0.39, 0.29) is 23.2 Å². The number of carbonyl (C=O) groups excluding carboxylic acids is 1. The number of nitrogens with zero attached hydrogens (tertiary/aromatic N) is 3. The average molecular weight is 337 g/mol. The van der Waals surface area contributed by atoms with Gasteiger partial charge in [0, 0.05) is 38.3 Å². The van der Waals surface area contributed by atoms with E-state index in [0.29, 0.717) is 26.1 Å². The second-order valence-electron chi connectivity index (χ2n) is 7.03. The van der Waals surface area contributed by atoms with Crippen molar-refractivity contribution in [3.8, 4) is 0 Å². The van der Waals surface area contributed by atoms with E-state index in [0.717, 1.165) is 12.2 Å². The first-order valence-corrected chi connectivity index (χ1v) is 8.20. The second-order valence-corrected chi connectivity index (χ2v) is 7.03. The largest absolute Gasteiger partial charge is 0.374 e. The average Bonchev–Trinajstić information content (AvgIpc) is 2.48. The van der Waals surface area contributed by atoms with Crippen LogP contribution in [0.15, 0.2) is 17.1 Å². The van der Waals surface area contributed by atoms with E-state index >= 15 is 0 Å². The molecule has 1 fully saturated rings. The molecule has 0 saturated carbocycles. The van der Waals surface area contributed by atoms with E-state index in [4.69, 9.17) is 4.74 Å². The summed E-state index contributed by atoms with van der Waals surface area (Å²) < 4.78 is 7.05. The summed E-state index contributed by atoms with van der Waals surface area (Å²) in [5, 5.41) is 9.75. The minimum Gasteiger partial charge on any atom is -0.374 e. The molecule has 0 bridgehead atoms. The highest BCUT2D eigenvalue weighted by molar-refractivity contribution is 5.74. The minimum absolute atomic E-state index is 0.0118. The molecule has 1 aliphatic heterocycles. The van der Waals surface area contributed by atoms with Crippen LogP contribution in [0.4, 0.5) is 10.5 Å². The Balaban J connectivity index is 1.82. The number of amides is 2. The number of hydrogen-bond acceptors (Lipinski definition) is 5. The molecule has 2 rings (SSSR count). The Labute approximate surface area is 142 Å². The van der Waals surface area contributed by atoms with Crippen molar-refractivity contribution in [3.05, 3.63) is 22.6 Å². The second kappa shape index (κ2) is 7.65. The number of aryl methyl sites for hydroxylation is 1. The maximum Gasteiger partial charge on any atom is 0.315 e. The molecule has 24 heavy (non-hydrogen) atoms. The van der Waals surface area contributed by atoms with Gasteiger partial charge in [-0.1, -0.05) is 0 Å². The van der Waals surface area contributed by atoms with Gasteiger partial charge in [-0.2, -0.15) is 5.10 Å². The van der Waals surface area contributed by atoms with Crippen LogP contribution >= 0.6 is 0 Å². The number of rotatable bonds is 4. The lowest BCUT2D eigenvalue weighted by molar-refractivity contribution is 0.0358. The molecule has 2 amide bonds. The summed E-state index contributed by atoms with van der Waals surface area (Å²) >= 11 is 0. The van der Waals surface area contributed by atoms with Crippen LogP contribution in [0.25, 0.3) is 0 Å². The van der Waals surface area contributed by atoms with Crippen LogP contribution in [0.3, 0.4) is 0 Å². The van der Waals surface area contributed by atoms with Crippen LogP contribution in [0.2, 0.25) is 0 Å². The van der Waals surface area contributed by atoms with Gasteiger partial charge in [-0.3, -0.25) is 4.79 Å². The molecule has 1 aliphatic rings. The van der Waals surface area contributed by atoms with Crippen LogP contribution in [-0.2, 0) is 11.8 Å². The molecule has 0 spiro atoms. The summed E-state index contributed by atoms with van der Waals surface area (Å²) in [6, 6.07) is 1.41. The normalized spacial score (nSPS) is 18.3. The molecular formula is C16H27N5O3. The maximum atomic E-state index is 11.7. The molecule has 1 aromatic heterocycles. The van der Waals surface area contributed by atoms with Gasteiger partial charge in [0.1, 0.15) is 0 Å². The highest BCUT2D eigenvalue weighted by atomic mass is 16.5. The first-order chi connectivity index (χ1) is 11.2. The Morgan fingerprint density at radius 1 is 1.46 bits per heavy atom. The van der Waals surface area contributed by atoms with Gasteiger partial charge < -0.3 is 20.3 Å². The van der Waals surface area contributed by atoms with E-state index < -0.39 is 0 Å². The molecule has 1 unspecified atom stereocenters. The third kappa shape index (κ3) is 5.52. The number of morpholine rings is 1. The molecule has 1 atom stereocenters. The quantitative estimate of drug-likeness (QED) is 0.834. The Morgan fingerprint density at radius 3 is 2.88 bits per heavy atom. The first-order valence-electron chi connectivity index (χ1n) is 8.20. The van der Waals surface area contributed by atoms with Crippen LogP contribution in [-0.4, -0.2) is 53.7 Å². The van der Waals surface area contributed by atoms with E-state index in [1.54, 1.807) is 19.3 Å². The fraction of sp³-hybridized carbons (Fsp3) is 0.688. The third-order valence-electron chi connectivity index (χ3n) is 3.70. The summed E-state index contributed by atoms with van der Waals surface area (Å²) in [6.45, 7) is 8.34. The van der Waals surface area contributed by atoms with Gasteiger partial charge in [-0.05, 0) is 27.2 Å². The van der Waals surface area contributed by atoms with Crippen molar-refractivity contribution >= 4 is 11.7 Å². The Hall–Kier alpha value is -2.09. The van der Waals surface area contributed by atoms with E-state index in [1.807, 2.05) is 20.8 Å². The molecule has 8 heteroatoms. The number of anilines is 1. The Bertz CT molecular complexity index is 623. The van der Waals surface area contributed by atoms with Gasteiger partial charge in [-0.15, -0.1) is 0 Å². The molecule has 134 valence electrons. The molecule has 2 N–H and O–H groups in total. The van der Waals surface area contributed by atoms with Crippen molar-refractivity contribution in [2.45, 2.75) is 38.8 Å². The van der Waals surface area contributed by atoms with Gasteiger partial charge in [0.05, 0.1) is 24.6 Å². The van der Waals surface area contributed by atoms with Crippen LogP contribution in [0.1, 0.15) is 27.2 Å². The highest BCUT2D eigenvalue weighted by Gasteiger charge is 2.21. The third-order valence-corrected chi connectivity index (χ3v) is 3.70. The predicted molar refractivity (Wildman–Crippen MR) is 92.3 cm³/mol. The monoisotopic (exact) mass is 337 g/mol. The van der Waals surface area contributed by atoms with Gasteiger partial charge in [0.2, 0.25) is 0 Å². The number of carbonyl (C=O) groups is 1. The summed E-state index contributed by atoms with van der Waals surface area (Å²) in [5.74, 6) is 0. The smallest absolute Gasteiger partial charge is 0.315 e.